The van der Waals surface area contributed by atoms with Crippen LogP contribution in [0.25, 0.3) is 0 Å². The zero-order valence-electron chi connectivity index (χ0n) is 19.0. The predicted molar refractivity (Wildman–Crippen MR) is 125 cm³/mol. The summed E-state index contributed by atoms with van der Waals surface area (Å²) in [6.45, 7) is 2.74. The van der Waals surface area contributed by atoms with Crippen molar-refractivity contribution in [2.75, 3.05) is 19.6 Å². The number of rotatable bonds is 5. The molecular formula is C28H30N2O3. The lowest BCUT2D eigenvalue weighted by Crippen LogP contribution is -2.58. The molecule has 1 spiro atoms. The molecule has 5 heteroatoms. The number of likely N-dealkylation sites (tertiary alicyclic amines) is 1. The van der Waals surface area contributed by atoms with Gasteiger partial charge in [0.1, 0.15) is 6.10 Å². The standard InChI is InChI=1S/C28H30N2O3/c31-26(32)28(11-12-28)19-30-17-27(18-30)14-22-9-7-20(13-23(22)15-27)5-6-21-8-10-25(29-16-21)33-24-3-1-2-4-24/h7-10,13,16,24H,1-4,11-12,14-15,17-19H2,(H,31,32). The second-order valence-electron chi connectivity index (χ2n) is 10.7. The Hall–Kier alpha value is -2.84. The average Bonchev–Trinajstić information content (AvgIpc) is 3.22. The van der Waals surface area contributed by atoms with Gasteiger partial charge in [-0.1, -0.05) is 17.9 Å². The first-order valence-electron chi connectivity index (χ1n) is 12.2. The first kappa shape index (κ1) is 20.7. The van der Waals surface area contributed by atoms with E-state index in [1.54, 1.807) is 6.20 Å². The lowest BCUT2D eigenvalue weighted by Gasteiger charge is -2.49. The number of fused-ring (bicyclic) bond motifs is 1. The molecule has 170 valence electrons. The van der Waals surface area contributed by atoms with E-state index in [0.717, 1.165) is 69.3 Å². The zero-order valence-corrected chi connectivity index (χ0v) is 19.0. The number of aliphatic carboxylic acids is 1. The van der Waals surface area contributed by atoms with E-state index in [0.29, 0.717) is 17.4 Å². The topological polar surface area (TPSA) is 62.7 Å². The quantitative estimate of drug-likeness (QED) is 0.708. The minimum absolute atomic E-state index is 0.294. The van der Waals surface area contributed by atoms with Crippen LogP contribution in [0.2, 0.25) is 0 Å². The predicted octanol–water partition coefficient (Wildman–Crippen LogP) is 4.07. The van der Waals surface area contributed by atoms with Crippen molar-refractivity contribution >= 4 is 5.97 Å². The summed E-state index contributed by atoms with van der Waals surface area (Å²) in [5.41, 5.74) is 4.60. The number of nitrogens with zero attached hydrogens (tertiary/aromatic N) is 2. The van der Waals surface area contributed by atoms with Crippen molar-refractivity contribution in [2.24, 2.45) is 10.8 Å². The van der Waals surface area contributed by atoms with E-state index < -0.39 is 11.4 Å². The Morgan fingerprint density at radius 1 is 1.06 bits per heavy atom. The Kier molecular flexibility index (Phi) is 4.96. The second kappa shape index (κ2) is 7.88. The van der Waals surface area contributed by atoms with E-state index in [1.165, 1.54) is 24.0 Å². The van der Waals surface area contributed by atoms with E-state index in [2.05, 4.69) is 39.9 Å². The van der Waals surface area contributed by atoms with Gasteiger partial charge in [0.05, 0.1) is 5.41 Å². The molecule has 1 saturated heterocycles. The Morgan fingerprint density at radius 3 is 2.48 bits per heavy atom. The third-order valence-electron chi connectivity index (χ3n) is 7.97. The summed E-state index contributed by atoms with van der Waals surface area (Å²) in [4.78, 5) is 18.3. The molecule has 5 nitrogen and oxygen atoms in total. The maximum Gasteiger partial charge on any atom is 0.310 e. The van der Waals surface area contributed by atoms with Gasteiger partial charge in [-0.2, -0.15) is 0 Å². The highest BCUT2D eigenvalue weighted by Gasteiger charge is 2.55. The molecule has 0 amide bonds. The Bertz CT molecular complexity index is 1130. The molecule has 1 aromatic heterocycles. The first-order valence-corrected chi connectivity index (χ1v) is 12.2. The molecule has 0 bridgehead atoms. The normalized spacial score (nSPS) is 22.3. The van der Waals surface area contributed by atoms with Crippen molar-refractivity contribution in [3.05, 3.63) is 58.8 Å². The van der Waals surface area contributed by atoms with Gasteiger partial charge in [0.2, 0.25) is 5.88 Å². The molecule has 0 radical (unpaired) electrons. The van der Waals surface area contributed by atoms with Crippen LogP contribution in [-0.4, -0.2) is 46.7 Å². The number of ether oxygens (including phenoxy) is 1. The molecule has 3 fully saturated rings. The third-order valence-corrected chi connectivity index (χ3v) is 7.97. The summed E-state index contributed by atoms with van der Waals surface area (Å²) in [6, 6.07) is 10.5. The van der Waals surface area contributed by atoms with Crippen molar-refractivity contribution in [1.29, 1.82) is 0 Å². The van der Waals surface area contributed by atoms with E-state index in [4.69, 9.17) is 4.74 Å². The second-order valence-corrected chi connectivity index (χ2v) is 10.7. The Labute approximate surface area is 195 Å². The van der Waals surface area contributed by atoms with Gasteiger partial charge >= 0.3 is 5.97 Å². The number of hydrogen-bond acceptors (Lipinski definition) is 4. The van der Waals surface area contributed by atoms with Gasteiger partial charge in [-0.05, 0) is 80.7 Å². The summed E-state index contributed by atoms with van der Waals surface area (Å²) in [6.07, 6.45) is 10.7. The maximum atomic E-state index is 11.5. The van der Waals surface area contributed by atoms with Crippen LogP contribution in [0.4, 0.5) is 0 Å². The van der Waals surface area contributed by atoms with Gasteiger partial charge in [-0.3, -0.25) is 4.79 Å². The van der Waals surface area contributed by atoms with Crippen LogP contribution < -0.4 is 4.74 Å². The molecule has 3 aliphatic carbocycles. The largest absolute Gasteiger partial charge is 0.481 e. The highest BCUT2D eigenvalue weighted by atomic mass is 16.5. The van der Waals surface area contributed by atoms with Crippen LogP contribution in [0, 0.1) is 22.7 Å². The third kappa shape index (κ3) is 4.13. The average molecular weight is 443 g/mol. The van der Waals surface area contributed by atoms with Crippen molar-refractivity contribution in [1.82, 2.24) is 9.88 Å². The molecule has 6 rings (SSSR count). The fraction of sp³-hybridized carbons (Fsp3) is 0.500. The van der Waals surface area contributed by atoms with E-state index >= 15 is 0 Å². The molecule has 2 aromatic rings. The molecule has 33 heavy (non-hydrogen) atoms. The van der Waals surface area contributed by atoms with Crippen LogP contribution in [0.15, 0.2) is 36.5 Å². The van der Waals surface area contributed by atoms with Crippen LogP contribution in [0.3, 0.4) is 0 Å². The minimum Gasteiger partial charge on any atom is -0.481 e. The van der Waals surface area contributed by atoms with Crippen molar-refractivity contribution in [3.63, 3.8) is 0 Å². The molecule has 0 atom stereocenters. The lowest BCUT2D eigenvalue weighted by molar-refractivity contribution is -0.145. The van der Waals surface area contributed by atoms with Gasteiger partial charge in [-0.25, -0.2) is 4.98 Å². The molecule has 1 aliphatic heterocycles. The Morgan fingerprint density at radius 2 is 1.79 bits per heavy atom. The van der Waals surface area contributed by atoms with Crippen molar-refractivity contribution < 1.29 is 14.6 Å². The SMILES string of the molecule is O=C(O)C1(CN2CC3(Cc4ccc(C#Cc5ccc(OC6CCCC6)nc5)cc4C3)C2)CC1. The van der Waals surface area contributed by atoms with E-state index in [9.17, 15) is 9.90 Å². The monoisotopic (exact) mass is 442 g/mol. The molecular weight excluding hydrogens is 412 g/mol. The van der Waals surface area contributed by atoms with E-state index in [1.807, 2.05) is 12.1 Å². The van der Waals surface area contributed by atoms with Gasteiger partial charge in [0.25, 0.3) is 0 Å². The number of carboxylic acid groups (broad SMARTS) is 1. The van der Waals surface area contributed by atoms with Crippen LogP contribution in [0.5, 0.6) is 5.88 Å². The van der Waals surface area contributed by atoms with Gasteiger partial charge in [0.15, 0.2) is 0 Å². The van der Waals surface area contributed by atoms with Gasteiger partial charge < -0.3 is 14.7 Å². The number of carboxylic acids is 1. The number of carbonyl (C=O) groups is 1. The highest BCUT2D eigenvalue weighted by molar-refractivity contribution is 5.78. The van der Waals surface area contributed by atoms with Crippen LogP contribution >= 0.6 is 0 Å². The lowest BCUT2D eigenvalue weighted by atomic mass is 9.76. The highest BCUT2D eigenvalue weighted by Crippen LogP contribution is 2.50. The van der Waals surface area contributed by atoms with E-state index in [-0.39, 0.29) is 0 Å². The summed E-state index contributed by atoms with van der Waals surface area (Å²) in [5, 5.41) is 9.46. The summed E-state index contributed by atoms with van der Waals surface area (Å²) >= 11 is 0. The fourth-order valence-electron chi connectivity index (χ4n) is 6.01. The minimum atomic E-state index is -0.618. The number of aromatic nitrogens is 1. The zero-order chi connectivity index (χ0) is 22.5. The first-order chi connectivity index (χ1) is 16.0. The molecule has 0 unspecified atom stereocenters. The van der Waals surface area contributed by atoms with Crippen LogP contribution in [0.1, 0.15) is 60.8 Å². The molecule has 4 aliphatic rings. The maximum absolute atomic E-state index is 11.5. The molecule has 2 heterocycles. The van der Waals surface area contributed by atoms with Gasteiger partial charge in [-0.15, -0.1) is 0 Å². The summed E-state index contributed by atoms with van der Waals surface area (Å²) in [5.74, 6) is 6.62. The smallest absolute Gasteiger partial charge is 0.310 e. The summed E-state index contributed by atoms with van der Waals surface area (Å²) in [7, 11) is 0. The van der Waals surface area contributed by atoms with Crippen molar-refractivity contribution in [3.8, 4) is 17.7 Å². The summed E-state index contributed by atoms with van der Waals surface area (Å²) < 4.78 is 5.94. The fourth-order valence-corrected chi connectivity index (χ4v) is 6.01. The van der Waals surface area contributed by atoms with Crippen molar-refractivity contribution in [2.45, 2.75) is 57.5 Å². The number of hydrogen-bond donors (Lipinski definition) is 1. The molecule has 1 aromatic carbocycles. The number of benzene rings is 1. The molecule has 2 saturated carbocycles. The molecule has 1 N–H and O–H groups in total. The Balaban J connectivity index is 1.07. The van der Waals surface area contributed by atoms with Gasteiger partial charge in [0, 0.05) is 48.4 Å². The number of pyridine rings is 1. The van der Waals surface area contributed by atoms with Crippen LogP contribution in [-0.2, 0) is 17.6 Å².